The van der Waals surface area contributed by atoms with Crippen LogP contribution in [0.2, 0.25) is 0 Å². The Labute approximate surface area is 135 Å². The number of aromatic nitrogens is 1. The SMILES string of the molecule is O=C1NC(=O)/C(=C\c2ccc(Oc3ccc([N+](=O)[O-])cn3)cc2)N1. The van der Waals surface area contributed by atoms with E-state index in [0.29, 0.717) is 11.3 Å². The first-order valence-corrected chi connectivity index (χ1v) is 6.74. The third-order valence-corrected chi connectivity index (χ3v) is 3.06. The smallest absolute Gasteiger partial charge is 0.326 e. The third-order valence-electron chi connectivity index (χ3n) is 3.06. The van der Waals surface area contributed by atoms with Gasteiger partial charge in [0.2, 0.25) is 5.88 Å². The highest BCUT2D eigenvalue weighted by atomic mass is 16.6. The van der Waals surface area contributed by atoms with Gasteiger partial charge < -0.3 is 10.1 Å². The highest BCUT2D eigenvalue weighted by Crippen LogP contribution is 2.22. The van der Waals surface area contributed by atoms with Crippen molar-refractivity contribution in [3.8, 4) is 11.6 Å². The molecular formula is C15H10N4O5. The van der Waals surface area contributed by atoms with E-state index in [1.54, 1.807) is 24.3 Å². The number of imide groups is 1. The minimum atomic E-state index is -0.560. The van der Waals surface area contributed by atoms with Gasteiger partial charge in [0, 0.05) is 12.1 Å². The average Bonchev–Trinajstić information content (AvgIpc) is 2.87. The second-order valence-corrected chi connectivity index (χ2v) is 4.75. The van der Waals surface area contributed by atoms with Gasteiger partial charge >= 0.3 is 6.03 Å². The second kappa shape index (κ2) is 6.16. The van der Waals surface area contributed by atoms with Gasteiger partial charge in [-0.3, -0.25) is 20.2 Å². The van der Waals surface area contributed by atoms with Crippen LogP contribution in [0.25, 0.3) is 6.08 Å². The quantitative estimate of drug-likeness (QED) is 0.383. The largest absolute Gasteiger partial charge is 0.439 e. The summed E-state index contributed by atoms with van der Waals surface area (Å²) < 4.78 is 5.47. The maximum atomic E-state index is 11.4. The summed E-state index contributed by atoms with van der Waals surface area (Å²) in [7, 11) is 0. The Hall–Kier alpha value is -3.75. The lowest BCUT2D eigenvalue weighted by Crippen LogP contribution is -2.22. The van der Waals surface area contributed by atoms with Gasteiger partial charge in [0.05, 0.1) is 4.92 Å². The first kappa shape index (κ1) is 15.2. The summed E-state index contributed by atoms with van der Waals surface area (Å²) in [6, 6.07) is 8.79. The van der Waals surface area contributed by atoms with Crippen molar-refractivity contribution in [2.45, 2.75) is 0 Å². The van der Waals surface area contributed by atoms with Crippen molar-refractivity contribution in [1.29, 1.82) is 0 Å². The molecule has 0 saturated carbocycles. The summed E-state index contributed by atoms with van der Waals surface area (Å²) >= 11 is 0. The Kier molecular flexibility index (Phi) is 3.89. The minimum Gasteiger partial charge on any atom is -0.439 e. The van der Waals surface area contributed by atoms with Crippen LogP contribution in [0.3, 0.4) is 0 Å². The number of pyridine rings is 1. The summed E-state index contributed by atoms with van der Waals surface area (Å²) in [5.74, 6) is 0.197. The number of nitro groups is 1. The summed E-state index contributed by atoms with van der Waals surface area (Å²) in [5, 5.41) is 15.0. The molecule has 9 nitrogen and oxygen atoms in total. The fourth-order valence-electron chi connectivity index (χ4n) is 1.94. The molecule has 1 aromatic carbocycles. The normalized spacial score (nSPS) is 15.1. The number of rotatable bonds is 4. The van der Waals surface area contributed by atoms with Gasteiger partial charge in [-0.05, 0) is 23.8 Å². The Morgan fingerprint density at radius 2 is 1.83 bits per heavy atom. The third kappa shape index (κ3) is 3.35. The van der Waals surface area contributed by atoms with E-state index in [9.17, 15) is 19.7 Å². The maximum Gasteiger partial charge on any atom is 0.326 e. The van der Waals surface area contributed by atoms with E-state index in [0.717, 1.165) is 6.20 Å². The summed E-state index contributed by atoms with van der Waals surface area (Å²) in [6.45, 7) is 0. The number of nitrogens with one attached hydrogen (secondary N) is 2. The summed E-state index contributed by atoms with van der Waals surface area (Å²) in [6.07, 6.45) is 2.63. The van der Waals surface area contributed by atoms with E-state index < -0.39 is 16.9 Å². The number of carbonyl (C=O) groups is 2. The number of carbonyl (C=O) groups excluding carboxylic acids is 2. The predicted molar refractivity (Wildman–Crippen MR) is 82.1 cm³/mol. The van der Waals surface area contributed by atoms with Crippen LogP contribution in [0.1, 0.15) is 5.56 Å². The number of hydrogen-bond donors (Lipinski definition) is 2. The molecule has 0 unspecified atom stereocenters. The average molecular weight is 326 g/mol. The minimum absolute atomic E-state index is 0.124. The van der Waals surface area contributed by atoms with Crippen molar-refractivity contribution >= 4 is 23.7 Å². The molecule has 1 aromatic heterocycles. The number of amides is 3. The van der Waals surface area contributed by atoms with E-state index in [1.807, 2.05) is 0 Å². The van der Waals surface area contributed by atoms with E-state index in [2.05, 4.69) is 15.6 Å². The molecule has 2 N–H and O–H groups in total. The van der Waals surface area contributed by atoms with Crippen LogP contribution >= 0.6 is 0 Å². The standard InChI is InChI=1S/C15H10N4O5/c20-14-12(17-15(21)18-14)7-9-1-4-11(5-2-9)24-13-6-3-10(8-16-13)19(22)23/h1-8H,(H2,17,18,20,21)/b12-7+. The van der Waals surface area contributed by atoms with Crippen LogP contribution < -0.4 is 15.4 Å². The molecule has 0 bridgehead atoms. The topological polar surface area (TPSA) is 123 Å². The van der Waals surface area contributed by atoms with Crippen molar-refractivity contribution in [3.63, 3.8) is 0 Å². The Balaban J connectivity index is 1.70. The Morgan fingerprint density at radius 1 is 1.08 bits per heavy atom. The van der Waals surface area contributed by atoms with Crippen molar-refractivity contribution in [2.75, 3.05) is 0 Å². The molecule has 24 heavy (non-hydrogen) atoms. The summed E-state index contributed by atoms with van der Waals surface area (Å²) in [4.78, 5) is 36.3. The molecular weight excluding hydrogens is 316 g/mol. The molecule has 0 aliphatic carbocycles. The maximum absolute atomic E-state index is 11.4. The van der Waals surface area contributed by atoms with Gasteiger partial charge in [-0.1, -0.05) is 12.1 Å². The zero-order valence-electron chi connectivity index (χ0n) is 12.1. The second-order valence-electron chi connectivity index (χ2n) is 4.75. The molecule has 0 atom stereocenters. The van der Waals surface area contributed by atoms with Crippen LogP contribution in [0, 0.1) is 10.1 Å². The van der Waals surface area contributed by atoms with Crippen molar-refractivity contribution < 1.29 is 19.2 Å². The number of urea groups is 1. The van der Waals surface area contributed by atoms with Crippen LogP contribution in [0.5, 0.6) is 11.6 Å². The van der Waals surface area contributed by atoms with Crippen LogP contribution in [-0.4, -0.2) is 21.8 Å². The first-order chi connectivity index (χ1) is 11.5. The van der Waals surface area contributed by atoms with Crippen molar-refractivity contribution in [3.05, 3.63) is 64.0 Å². The van der Waals surface area contributed by atoms with Crippen LogP contribution in [0.4, 0.5) is 10.5 Å². The molecule has 1 aliphatic rings. The number of benzene rings is 1. The zero-order valence-corrected chi connectivity index (χ0v) is 12.1. The van der Waals surface area contributed by atoms with Gasteiger partial charge in [-0.15, -0.1) is 0 Å². The highest BCUT2D eigenvalue weighted by molar-refractivity contribution is 6.13. The van der Waals surface area contributed by atoms with Gasteiger partial charge in [0.25, 0.3) is 11.6 Å². The molecule has 2 aromatic rings. The van der Waals surface area contributed by atoms with E-state index in [-0.39, 0.29) is 17.3 Å². The Morgan fingerprint density at radius 3 is 2.38 bits per heavy atom. The lowest BCUT2D eigenvalue weighted by atomic mass is 10.2. The van der Waals surface area contributed by atoms with Crippen molar-refractivity contribution in [1.82, 2.24) is 15.6 Å². The van der Waals surface area contributed by atoms with Gasteiger partial charge in [0.15, 0.2) is 0 Å². The van der Waals surface area contributed by atoms with Crippen LogP contribution in [-0.2, 0) is 4.79 Å². The van der Waals surface area contributed by atoms with Crippen LogP contribution in [0.15, 0.2) is 48.3 Å². The lowest BCUT2D eigenvalue weighted by Gasteiger charge is -2.04. The van der Waals surface area contributed by atoms with Crippen molar-refractivity contribution in [2.24, 2.45) is 0 Å². The highest BCUT2D eigenvalue weighted by Gasteiger charge is 2.22. The van der Waals surface area contributed by atoms with E-state index >= 15 is 0 Å². The van der Waals surface area contributed by atoms with Gasteiger partial charge in [-0.25, -0.2) is 9.78 Å². The molecule has 3 rings (SSSR count). The molecule has 0 spiro atoms. The molecule has 120 valence electrons. The fraction of sp³-hybridized carbons (Fsp3) is 0. The van der Waals surface area contributed by atoms with E-state index in [4.69, 9.17) is 4.74 Å². The molecule has 0 radical (unpaired) electrons. The van der Waals surface area contributed by atoms with Gasteiger partial charge in [-0.2, -0.15) is 0 Å². The first-order valence-electron chi connectivity index (χ1n) is 6.74. The molecule has 1 aliphatic heterocycles. The Bertz CT molecular complexity index is 843. The molecule has 3 amide bonds. The monoisotopic (exact) mass is 326 g/mol. The van der Waals surface area contributed by atoms with E-state index in [1.165, 1.54) is 18.2 Å². The lowest BCUT2D eigenvalue weighted by molar-refractivity contribution is -0.385. The number of nitrogens with zero attached hydrogens (tertiary/aromatic N) is 2. The summed E-state index contributed by atoms with van der Waals surface area (Å²) in [5.41, 5.74) is 0.721. The molecule has 1 saturated heterocycles. The predicted octanol–water partition coefficient (Wildman–Crippen LogP) is 1.96. The molecule has 9 heteroatoms. The van der Waals surface area contributed by atoms with Gasteiger partial charge in [0.1, 0.15) is 17.6 Å². The number of ether oxygens (including phenoxy) is 1. The molecule has 1 fully saturated rings. The number of hydrogen-bond acceptors (Lipinski definition) is 6. The zero-order chi connectivity index (χ0) is 17.1. The molecule has 2 heterocycles. The fourth-order valence-corrected chi connectivity index (χ4v) is 1.94.